The number of nitrogens with zero attached hydrogens (tertiary/aromatic N) is 2. The third-order valence-electron chi connectivity index (χ3n) is 6.56. The van der Waals surface area contributed by atoms with Crippen molar-refractivity contribution in [2.24, 2.45) is 5.92 Å². The SMILES string of the molecule is COc1cc2c(cc1OC)CN(C(=O)C1CCCN(C(=O)c3cc(C)cc(C)c3)C1)CC2. The average Bonchev–Trinajstić information content (AvgIpc) is 2.81. The van der Waals surface area contributed by atoms with Crippen LogP contribution in [0, 0.1) is 19.8 Å². The summed E-state index contributed by atoms with van der Waals surface area (Å²) < 4.78 is 10.9. The number of carbonyl (C=O) groups is 2. The maximum atomic E-state index is 13.4. The lowest BCUT2D eigenvalue weighted by Gasteiger charge is -2.37. The number of methoxy groups -OCH3 is 2. The first-order valence-electron chi connectivity index (χ1n) is 11.3. The van der Waals surface area contributed by atoms with Crippen molar-refractivity contribution in [1.29, 1.82) is 0 Å². The molecule has 0 N–H and O–H groups in total. The van der Waals surface area contributed by atoms with E-state index in [4.69, 9.17) is 9.47 Å². The molecule has 2 heterocycles. The molecule has 32 heavy (non-hydrogen) atoms. The summed E-state index contributed by atoms with van der Waals surface area (Å²) in [4.78, 5) is 30.3. The standard InChI is InChI=1S/C26H32N2O4/c1-17-10-18(2)12-21(11-17)26(30)27-8-5-6-20(15-27)25(29)28-9-7-19-13-23(31-3)24(32-4)14-22(19)16-28/h10-14,20H,5-9,15-16H2,1-4H3. The molecule has 2 amide bonds. The lowest BCUT2D eigenvalue weighted by molar-refractivity contribution is -0.137. The van der Waals surface area contributed by atoms with Gasteiger partial charge in [0.25, 0.3) is 5.91 Å². The molecule has 0 spiro atoms. The minimum atomic E-state index is -0.152. The molecule has 170 valence electrons. The van der Waals surface area contributed by atoms with Crippen LogP contribution in [0.1, 0.15) is 45.5 Å². The normalized spacial score (nSPS) is 18.2. The molecule has 0 saturated carbocycles. The van der Waals surface area contributed by atoms with Crippen molar-refractivity contribution in [3.05, 3.63) is 58.1 Å². The number of piperidine rings is 1. The Morgan fingerprint density at radius 2 is 1.53 bits per heavy atom. The van der Waals surface area contributed by atoms with Gasteiger partial charge in [-0.2, -0.15) is 0 Å². The minimum Gasteiger partial charge on any atom is -0.493 e. The smallest absolute Gasteiger partial charge is 0.253 e. The van der Waals surface area contributed by atoms with Gasteiger partial charge in [-0.1, -0.05) is 17.2 Å². The Labute approximate surface area is 190 Å². The number of hydrogen-bond acceptors (Lipinski definition) is 4. The Bertz CT molecular complexity index is 1010. The van der Waals surface area contributed by atoms with Crippen LogP contribution in [0.4, 0.5) is 0 Å². The molecule has 2 aromatic carbocycles. The monoisotopic (exact) mass is 436 g/mol. The van der Waals surface area contributed by atoms with Crippen molar-refractivity contribution in [3.8, 4) is 11.5 Å². The van der Waals surface area contributed by atoms with Gasteiger partial charge < -0.3 is 19.3 Å². The van der Waals surface area contributed by atoms with Gasteiger partial charge in [0.2, 0.25) is 5.91 Å². The Morgan fingerprint density at radius 3 is 2.19 bits per heavy atom. The second-order valence-electron chi connectivity index (χ2n) is 8.95. The summed E-state index contributed by atoms with van der Waals surface area (Å²) in [7, 11) is 3.26. The van der Waals surface area contributed by atoms with E-state index in [0.717, 1.165) is 41.7 Å². The van der Waals surface area contributed by atoms with E-state index in [1.165, 1.54) is 5.56 Å². The van der Waals surface area contributed by atoms with E-state index in [0.29, 0.717) is 37.5 Å². The fraction of sp³-hybridized carbons (Fsp3) is 0.462. The van der Waals surface area contributed by atoms with Crippen LogP contribution >= 0.6 is 0 Å². The first kappa shape index (κ1) is 22.2. The molecule has 0 aromatic heterocycles. The fourth-order valence-corrected chi connectivity index (χ4v) is 4.97. The van der Waals surface area contributed by atoms with Crippen molar-refractivity contribution in [1.82, 2.24) is 9.80 Å². The van der Waals surface area contributed by atoms with Gasteiger partial charge in [0.15, 0.2) is 11.5 Å². The highest BCUT2D eigenvalue weighted by Crippen LogP contribution is 2.34. The molecule has 2 aromatic rings. The Morgan fingerprint density at radius 1 is 0.875 bits per heavy atom. The Kier molecular flexibility index (Phi) is 6.40. The summed E-state index contributed by atoms with van der Waals surface area (Å²) in [5.74, 6) is 1.42. The maximum Gasteiger partial charge on any atom is 0.253 e. The van der Waals surface area contributed by atoms with Gasteiger partial charge in [0.1, 0.15) is 0 Å². The first-order chi connectivity index (χ1) is 15.4. The lowest BCUT2D eigenvalue weighted by atomic mass is 9.93. The average molecular weight is 437 g/mol. The number of amides is 2. The summed E-state index contributed by atoms with van der Waals surface area (Å²) >= 11 is 0. The third kappa shape index (κ3) is 4.45. The van der Waals surface area contributed by atoms with E-state index in [1.807, 2.05) is 47.9 Å². The van der Waals surface area contributed by atoms with Crippen LogP contribution in [0.5, 0.6) is 11.5 Å². The molecule has 6 heteroatoms. The fourth-order valence-electron chi connectivity index (χ4n) is 4.97. The Hall–Kier alpha value is -3.02. The lowest BCUT2D eigenvalue weighted by Crippen LogP contribution is -2.47. The second-order valence-corrected chi connectivity index (χ2v) is 8.95. The molecule has 2 aliphatic heterocycles. The summed E-state index contributed by atoms with van der Waals surface area (Å²) in [6.45, 7) is 6.45. The van der Waals surface area contributed by atoms with Crippen molar-refractivity contribution in [2.45, 2.75) is 39.7 Å². The number of ether oxygens (including phenoxy) is 2. The highest BCUT2D eigenvalue weighted by molar-refractivity contribution is 5.95. The summed E-state index contributed by atoms with van der Waals surface area (Å²) in [6, 6.07) is 9.93. The molecule has 1 atom stereocenters. The van der Waals surface area contributed by atoms with Crippen LogP contribution in [0.2, 0.25) is 0 Å². The van der Waals surface area contributed by atoms with Crippen LogP contribution < -0.4 is 9.47 Å². The zero-order valence-electron chi connectivity index (χ0n) is 19.4. The molecule has 1 unspecified atom stereocenters. The summed E-state index contributed by atoms with van der Waals surface area (Å²) in [5, 5.41) is 0. The number of aryl methyl sites for hydroxylation is 2. The number of benzene rings is 2. The van der Waals surface area contributed by atoms with E-state index < -0.39 is 0 Å². The van der Waals surface area contributed by atoms with E-state index in [9.17, 15) is 9.59 Å². The number of hydrogen-bond donors (Lipinski definition) is 0. The number of fused-ring (bicyclic) bond motifs is 1. The van der Waals surface area contributed by atoms with Crippen LogP contribution in [-0.4, -0.2) is 55.5 Å². The van der Waals surface area contributed by atoms with Crippen molar-refractivity contribution >= 4 is 11.8 Å². The Balaban J connectivity index is 1.46. The van der Waals surface area contributed by atoms with E-state index in [1.54, 1.807) is 14.2 Å². The van der Waals surface area contributed by atoms with E-state index in [-0.39, 0.29) is 17.7 Å². The molecule has 2 aliphatic rings. The largest absolute Gasteiger partial charge is 0.493 e. The predicted molar refractivity (Wildman–Crippen MR) is 123 cm³/mol. The molecule has 0 radical (unpaired) electrons. The molecule has 0 aliphatic carbocycles. The zero-order chi connectivity index (χ0) is 22.8. The van der Waals surface area contributed by atoms with Gasteiger partial charge in [0.05, 0.1) is 20.1 Å². The van der Waals surface area contributed by atoms with Crippen LogP contribution in [0.3, 0.4) is 0 Å². The van der Waals surface area contributed by atoms with Crippen molar-refractivity contribution in [2.75, 3.05) is 33.9 Å². The van der Waals surface area contributed by atoms with Gasteiger partial charge in [-0.15, -0.1) is 0 Å². The van der Waals surface area contributed by atoms with Gasteiger partial charge in [-0.05, 0) is 68.5 Å². The summed E-state index contributed by atoms with van der Waals surface area (Å²) in [5.41, 5.74) is 5.17. The highest BCUT2D eigenvalue weighted by Gasteiger charge is 2.33. The number of likely N-dealkylation sites (tertiary alicyclic amines) is 1. The molecule has 4 rings (SSSR count). The quantitative estimate of drug-likeness (QED) is 0.732. The highest BCUT2D eigenvalue weighted by atomic mass is 16.5. The molecule has 1 fully saturated rings. The molecule has 1 saturated heterocycles. The first-order valence-corrected chi connectivity index (χ1v) is 11.3. The molecular weight excluding hydrogens is 404 g/mol. The van der Waals surface area contributed by atoms with Crippen LogP contribution in [0.25, 0.3) is 0 Å². The van der Waals surface area contributed by atoms with E-state index in [2.05, 4.69) is 6.07 Å². The van der Waals surface area contributed by atoms with Gasteiger partial charge in [-0.3, -0.25) is 9.59 Å². The van der Waals surface area contributed by atoms with Crippen molar-refractivity contribution < 1.29 is 19.1 Å². The third-order valence-corrected chi connectivity index (χ3v) is 6.56. The second kappa shape index (κ2) is 9.23. The molecular formula is C26H32N2O4. The van der Waals surface area contributed by atoms with Gasteiger partial charge >= 0.3 is 0 Å². The van der Waals surface area contributed by atoms with E-state index >= 15 is 0 Å². The number of rotatable bonds is 4. The van der Waals surface area contributed by atoms with Gasteiger partial charge in [-0.25, -0.2) is 0 Å². The van der Waals surface area contributed by atoms with Crippen molar-refractivity contribution in [3.63, 3.8) is 0 Å². The zero-order valence-corrected chi connectivity index (χ0v) is 19.4. The van der Waals surface area contributed by atoms with Gasteiger partial charge in [0, 0.05) is 31.7 Å². The van der Waals surface area contributed by atoms with Crippen LogP contribution in [0.15, 0.2) is 30.3 Å². The maximum absolute atomic E-state index is 13.4. The predicted octanol–water partition coefficient (Wildman–Crippen LogP) is 3.76. The topological polar surface area (TPSA) is 59.1 Å². The van der Waals surface area contributed by atoms with Crippen LogP contribution in [-0.2, 0) is 17.8 Å². The minimum absolute atomic E-state index is 0.0233. The molecule has 6 nitrogen and oxygen atoms in total. The number of carbonyl (C=O) groups excluding carboxylic acids is 2. The summed E-state index contributed by atoms with van der Waals surface area (Å²) in [6.07, 6.45) is 2.46. The molecule has 0 bridgehead atoms.